The number of nitrogens with zero attached hydrogens (tertiary/aromatic N) is 2. The number of rotatable bonds is 5. The Labute approximate surface area is 115 Å². The second kappa shape index (κ2) is 6.32. The van der Waals surface area contributed by atoms with Gasteiger partial charge < -0.3 is 4.74 Å². The molecule has 0 amide bonds. The van der Waals surface area contributed by atoms with Crippen LogP contribution < -0.4 is 0 Å². The Morgan fingerprint density at radius 3 is 2.84 bits per heavy atom. The number of aryl methyl sites for hydroxylation is 1. The first-order valence-corrected chi connectivity index (χ1v) is 8.06. The number of carbonyl (C=O) groups is 1. The summed E-state index contributed by atoms with van der Waals surface area (Å²) in [5.41, 5.74) is 1.15. The quantitative estimate of drug-likeness (QED) is 0.773. The van der Waals surface area contributed by atoms with Gasteiger partial charge in [-0.15, -0.1) is 0 Å². The van der Waals surface area contributed by atoms with Crippen LogP contribution in [0.1, 0.15) is 48.7 Å². The van der Waals surface area contributed by atoms with Crippen LogP contribution >= 0.6 is 0 Å². The molecule has 0 saturated heterocycles. The molecule has 19 heavy (non-hydrogen) atoms. The zero-order valence-electron chi connectivity index (χ0n) is 11.4. The number of carbonyl (C=O) groups excluding carboxylic acids is 1. The Balaban J connectivity index is 2.12. The van der Waals surface area contributed by atoms with E-state index >= 15 is 0 Å². The lowest BCUT2D eigenvalue weighted by atomic mass is 10.3. The van der Waals surface area contributed by atoms with E-state index < -0.39 is 10.8 Å². The van der Waals surface area contributed by atoms with Gasteiger partial charge in [0.2, 0.25) is 0 Å². The average Bonchev–Trinajstić information content (AvgIpc) is 3.01. The van der Waals surface area contributed by atoms with Crippen LogP contribution in [-0.2, 0) is 28.3 Å². The number of ether oxygens (including phenoxy) is 1. The predicted molar refractivity (Wildman–Crippen MR) is 73.3 cm³/mol. The van der Waals surface area contributed by atoms with Gasteiger partial charge in [0.05, 0.1) is 24.3 Å². The van der Waals surface area contributed by atoms with Crippen LogP contribution in [-0.4, -0.2) is 31.8 Å². The molecule has 0 aliphatic heterocycles. The highest BCUT2D eigenvalue weighted by molar-refractivity contribution is 7.84. The number of hydrogen-bond donors (Lipinski definition) is 0. The van der Waals surface area contributed by atoms with Crippen molar-refractivity contribution in [2.75, 3.05) is 6.61 Å². The van der Waals surface area contributed by atoms with Gasteiger partial charge in [0.15, 0.2) is 0 Å². The van der Waals surface area contributed by atoms with Gasteiger partial charge in [0, 0.05) is 23.1 Å². The molecule has 0 bridgehead atoms. The highest BCUT2D eigenvalue weighted by Crippen LogP contribution is 2.25. The highest BCUT2D eigenvalue weighted by Gasteiger charge is 2.25. The summed E-state index contributed by atoms with van der Waals surface area (Å²) in [6, 6.07) is 0. The monoisotopic (exact) mass is 284 g/mol. The molecule has 5 nitrogen and oxygen atoms in total. The Hall–Kier alpha value is -1.17. The molecule has 1 aliphatic carbocycles. The standard InChI is InChI=1S/C13H20N2O3S/c1-3-18-13(16)11-8-14-15(2)12(11)9-19(17)10-6-4-5-7-10/h8,10H,3-7,9H2,1-2H3. The molecule has 1 saturated carbocycles. The molecule has 0 radical (unpaired) electrons. The third-order valence-corrected chi connectivity index (χ3v) is 5.28. The van der Waals surface area contributed by atoms with Crippen molar-refractivity contribution in [1.82, 2.24) is 9.78 Å². The highest BCUT2D eigenvalue weighted by atomic mass is 32.2. The Kier molecular flexibility index (Phi) is 4.74. The Morgan fingerprint density at radius 1 is 1.53 bits per heavy atom. The fraction of sp³-hybridized carbons (Fsp3) is 0.692. The second-order valence-corrected chi connectivity index (χ2v) is 6.50. The molecular weight excluding hydrogens is 264 g/mol. The van der Waals surface area contributed by atoms with Crippen molar-refractivity contribution in [3.8, 4) is 0 Å². The maximum atomic E-state index is 12.3. The summed E-state index contributed by atoms with van der Waals surface area (Å²) in [4.78, 5) is 11.8. The van der Waals surface area contributed by atoms with Crippen molar-refractivity contribution in [3.63, 3.8) is 0 Å². The largest absolute Gasteiger partial charge is 0.462 e. The summed E-state index contributed by atoms with van der Waals surface area (Å²) in [5, 5.41) is 4.35. The van der Waals surface area contributed by atoms with Crippen LogP contribution in [0.15, 0.2) is 6.20 Å². The zero-order chi connectivity index (χ0) is 13.8. The van der Waals surface area contributed by atoms with Crippen molar-refractivity contribution >= 4 is 16.8 Å². The van der Waals surface area contributed by atoms with Crippen LogP contribution in [0.4, 0.5) is 0 Å². The van der Waals surface area contributed by atoms with E-state index in [0.29, 0.717) is 23.6 Å². The van der Waals surface area contributed by atoms with Gasteiger partial charge in [-0.2, -0.15) is 5.10 Å². The molecule has 1 fully saturated rings. The normalized spacial score (nSPS) is 17.6. The molecule has 1 atom stereocenters. The summed E-state index contributed by atoms with van der Waals surface area (Å²) in [6.07, 6.45) is 5.87. The van der Waals surface area contributed by atoms with Crippen molar-refractivity contribution in [2.45, 2.75) is 43.6 Å². The molecular formula is C13H20N2O3S. The molecule has 1 aliphatic rings. The molecule has 1 heterocycles. The lowest BCUT2D eigenvalue weighted by Gasteiger charge is -2.10. The first-order chi connectivity index (χ1) is 9.13. The van der Waals surface area contributed by atoms with E-state index in [1.165, 1.54) is 6.20 Å². The topological polar surface area (TPSA) is 61.2 Å². The van der Waals surface area contributed by atoms with Crippen LogP contribution in [0.2, 0.25) is 0 Å². The van der Waals surface area contributed by atoms with Gasteiger partial charge >= 0.3 is 5.97 Å². The molecule has 0 N–H and O–H groups in total. The lowest BCUT2D eigenvalue weighted by Crippen LogP contribution is -2.16. The molecule has 106 valence electrons. The van der Waals surface area contributed by atoms with Crippen LogP contribution in [0.25, 0.3) is 0 Å². The molecule has 2 rings (SSSR count). The van der Waals surface area contributed by atoms with E-state index in [2.05, 4.69) is 5.10 Å². The van der Waals surface area contributed by atoms with Gasteiger partial charge in [-0.05, 0) is 19.8 Å². The van der Waals surface area contributed by atoms with Crippen molar-refractivity contribution in [2.24, 2.45) is 7.05 Å². The first kappa shape index (κ1) is 14.2. The SMILES string of the molecule is CCOC(=O)c1cnn(C)c1CS(=O)C1CCCC1. The summed E-state index contributed by atoms with van der Waals surface area (Å²) in [7, 11) is 0.833. The summed E-state index contributed by atoms with van der Waals surface area (Å²) in [5.74, 6) is 0.00371. The zero-order valence-corrected chi connectivity index (χ0v) is 12.2. The summed E-state index contributed by atoms with van der Waals surface area (Å²) < 4.78 is 18.9. The molecule has 0 spiro atoms. The molecule has 1 aromatic heterocycles. The van der Waals surface area contributed by atoms with Crippen LogP contribution in [0.3, 0.4) is 0 Å². The van der Waals surface area contributed by atoms with Gasteiger partial charge in [-0.3, -0.25) is 8.89 Å². The van der Waals surface area contributed by atoms with Gasteiger partial charge in [0.25, 0.3) is 0 Å². The maximum absolute atomic E-state index is 12.3. The average molecular weight is 284 g/mol. The van der Waals surface area contributed by atoms with E-state index in [1.54, 1.807) is 18.7 Å². The van der Waals surface area contributed by atoms with E-state index in [0.717, 1.165) is 25.7 Å². The van der Waals surface area contributed by atoms with Crippen molar-refractivity contribution in [1.29, 1.82) is 0 Å². The molecule has 1 unspecified atom stereocenters. The van der Waals surface area contributed by atoms with E-state index in [4.69, 9.17) is 4.74 Å². The summed E-state index contributed by atoms with van der Waals surface area (Å²) in [6.45, 7) is 2.10. The van der Waals surface area contributed by atoms with Crippen molar-refractivity contribution < 1.29 is 13.7 Å². The Morgan fingerprint density at radius 2 is 2.21 bits per heavy atom. The smallest absolute Gasteiger partial charge is 0.341 e. The third kappa shape index (κ3) is 3.23. The van der Waals surface area contributed by atoms with E-state index in [-0.39, 0.29) is 11.2 Å². The van der Waals surface area contributed by atoms with Crippen LogP contribution in [0.5, 0.6) is 0 Å². The van der Waals surface area contributed by atoms with Crippen LogP contribution in [0, 0.1) is 0 Å². The van der Waals surface area contributed by atoms with Gasteiger partial charge in [0.1, 0.15) is 5.56 Å². The fourth-order valence-corrected chi connectivity index (χ4v) is 4.12. The predicted octanol–water partition coefficient (Wildman–Crippen LogP) is 1.79. The molecule has 1 aromatic rings. The van der Waals surface area contributed by atoms with Gasteiger partial charge in [-0.1, -0.05) is 12.8 Å². The lowest BCUT2D eigenvalue weighted by molar-refractivity contribution is 0.0525. The summed E-state index contributed by atoms with van der Waals surface area (Å²) >= 11 is 0. The minimum atomic E-state index is -0.934. The molecule has 6 heteroatoms. The first-order valence-electron chi connectivity index (χ1n) is 6.68. The number of aromatic nitrogens is 2. The fourth-order valence-electron chi connectivity index (χ4n) is 2.42. The second-order valence-electron chi connectivity index (χ2n) is 4.78. The number of esters is 1. The minimum absolute atomic E-state index is 0.268. The maximum Gasteiger partial charge on any atom is 0.341 e. The van der Waals surface area contributed by atoms with E-state index in [9.17, 15) is 9.00 Å². The minimum Gasteiger partial charge on any atom is -0.462 e. The van der Waals surface area contributed by atoms with Gasteiger partial charge in [-0.25, -0.2) is 4.79 Å². The van der Waals surface area contributed by atoms with E-state index in [1.807, 2.05) is 0 Å². The molecule has 0 aromatic carbocycles. The third-order valence-electron chi connectivity index (χ3n) is 3.51. The van der Waals surface area contributed by atoms with Crippen molar-refractivity contribution in [3.05, 3.63) is 17.5 Å². The Bertz CT molecular complexity index is 478. The number of hydrogen-bond acceptors (Lipinski definition) is 4.